The Bertz CT molecular complexity index is 242. The second-order valence-corrected chi connectivity index (χ2v) is 5.83. The standard InChI is InChI=1S/C13H26N2O2/c1-11-8-17-12(7-16)6-15(11)10-13(9-14)4-2-3-5-13/h11-12,16H,2-10,14H2,1H3. The van der Waals surface area contributed by atoms with Gasteiger partial charge in [-0.15, -0.1) is 0 Å². The summed E-state index contributed by atoms with van der Waals surface area (Å²) in [4.78, 5) is 2.46. The van der Waals surface area contributed by atoms with Gasteiger partial charge in [0.2, 0.25) is 0 Å². The van der Waals surface area contributed by atoms with Crippen LogP contribution in [0.4, 0.5) is 0 Å². The number of aliphatic hydroxyl groups excluding tert-OH is 1. The van der Waals surface area contributed by atoms with E-state index in [1.54, 1.807) is 0 Å². The Kier molecular flexibility index (Phi) is 4.42. The fraction of sp³-hybridized carbons (Fsp3) is 1.00. The molecule has 1 aliphatic carbocycles. The molecule has 2 aliphatic rings. The van der Waals surface area contributed by atoms with Crippen molar-refractivity contribution in [2.45, 2.75) is 44.8 Å². The molecule has 2 unspecified atom stereocenters. The number of morpholine rings is 1. The van der Waals surface area contributed by atoms with Gasteiger partial charge in [-0.05, 0) is 31.7 Å². The van der Waals surface area contributed by atoms with Crippen LogP contribution >= 0.6 is 0 Å². The van der Waals surface area contributed by atoms with Gasteiger partial charge in [-0.25, -0.2) is 0 Å². The van der Waals surface area contributed by atoms with E-state index in [4.69, 9.17) is 10.5 Å². The Labute approximate surface area is 104 Å². The number of nitrogens with zero attached hydrogens (tertiary/aromatic N) is 1. The SMILES string of the molecule is CC1COC(CO)CN1CC1(CN)CCCC1. The quantitative estimate of drug-likeness (QED) is 0.757. The van der Waals surface area contributed by atoms with Crippen LogP contribution < -0.4 is 5.73 Å². The first-order valence-electron chi connectivity index (χ1n) is 6.86. The molecule has 1 heterocycles. The van der Waals surface area contributed by atoms with Crippen LogP contribution in [0.15, 0.2) is 0 Å². The van der Waals surface area contributed by atoms with Crippen molar-refractivity contribution < 1.29 is 9.84 Å². The van der Waals surface area contributed by atoms with Gasteiger partial charge in [-0.2, -0.15) is 0 Å². The molecule has 2 rings (SSSR count). The van der Waals surface area contributed by atoms with Gasteiger partial charge in [0.05, 0.1) is 19.3 Å². The average molecular weight is 242 g/mol. The van der Waals surface area contributed by atoms with Crippen LogP contribution in [0.25, 0.3) is 0 Å². The van der Waals surface area contributed by atoms with E-state index in [-0.39, 0.29) is 12.7 Å². The number of rotatable bonds is 4. The zero-order chi connectivity index (χ0) is 12.3. The summed E-state index contributed by atoms with van der Waals surface area (Å²) in [7, 11) is 0. The van der Waals surface area contributed by atoms with Crippen LogP contribution in [0, 0.1) is 5.41 Å². The maximum atomic E-state index is 9.20. The molecule has 1 saturated heterocycles. The number of aliphatic hydroxyl groups is 1. The van der Waals surface area contributed by atoms with Gasteiger partial charge in [0.25, 0.3) is 0 Å². The minimum atomic E-state index is -0.0116. The molecule has 4 nitrogen and oxygen atoms in total. The predicted molar refractivity (Wildman–Crippen MR) is 67.8 cm³/mol. The van der Waals surface area contributed by atoms with Crippen molar-refractivity contribution in [3.05, 3.63) is 0 Å². The van der Waals surface area contributed by atoms with E-state index >= 15 is 0 Å². The van der Waals surface area contributed by atoms with Crippen molar-refractivity contribution in [1.29, 1.82) is 0 Å². The van der Waals surface area contributed by atoms with E-state index < -0.39 is 0 Å². The van der Waals surface area contributed by atoms with E-state index in [1.165, 1.54) is 25.7 Å². The highest BCUT2D eigenvalue weighted by atomic mass is 16.5. The highest BCUT2D eigenvalue weighted by Crippen LogP contribution is 2.38. The Hall–Kier alpha value is -0.160. The fourth-order valence-corrected chi connectivity index (χ4v) is 3.19. The molecule has 17 heavy (non-hydrogen) atoms. The van der Waals surface area contributed by atoms with E-state index in [1.807, 2.05) is 0 Å². The lowest BCUT2D eigenvalue weighted by Gasteiger charge is -2.42. The molecular weight excluding hydrogens is 216 g/mol. The Balaban J connectivity index is 1.95. The molecule has 0 radical (unpaired) electrons. The first kappa shape index (κ1) is 13.3. The van der Waals surface area contributed by atoms with Crippen LogP contribution in [0.5, 0.6) is 0 Å². The van der Waals surface area contributed by atoms with Gasteiger partial charge in [-0.1, -0.05) is 12.8 Å². The summed E-state index contributed by atoms with van der Waals surface area (Å²) in [6.07, 6.45) is 5.15. The average Bonchev–Trinajstić information content (AvgIpc) is 2.81. The van der Waals surface area contributed by atoms with Crippen LogP contribution in [-0.2, 0) is 4.74 Å². The van der Waals surface area contributed by atoms with Crippen molar-refractivity contribution in [1.82, 2.24) is 4.90 Å². The van der Waals surface area contributed by atoms with Gasteiger partial charge in [-0.3, -0.25) is 4.90 Å². The van der Waals surface area contributed by atoms with E-state index in [9.17, 15) is 5.11 Å². The normalized spacial score (nSPS) is 34.1. The maximum absolute atomic E-state index is 9.20. The summed E-state index contributed by atoms with van der Waals surface area (Å²) >= 11 is 0. The molecule has 1 saturated carbocycles. The third-order valence-electron chi connectivity index (χ3n) is 4.47. The summed E-state index contributed by atoms with van der Waals surface area (Å²) in [5, 5.41) is 9.20. The molecule has 0 aromatic rings. The van der Waals surface area contributed by atoms with Gasteiger partial charge < -0.3 is 15.6 Å². The van der Waals surface area contributed by atoms with Crippen molar-refractivity contribution in [3.63, 3.8) is 0 Å². The van der Waals surface area contributed by atoms with Crippen LogP contribution in [0.2, 0.25) is 0 Å². The third kappa shape index (κ3) is 2.99. The van der Waals surface area contributed by atoms with E-state index in [2.05, 4.69) is 11.8 Å². The highest BCUT2D eigenvalue weighted by Gasteiger charge is 2.37. The largest absolute Gasteiger partial charge is 0.394 e. The molecule has 1 aliphatic heterocycles. The molecule has 0 bridgehead atoms. The lowest BCUT2D eigenvalue weighted by atomic mass is 9.85. The molecule has 3 N–H and O–H groups in total. The summed E-state index contributed by atoms with van der Waals surface area (Å²) < 4.78 is 5.58. The van der Waals surface area contributed by atoms with Gasteiger partial charge in [0.1, 0.15) is 0 Å². The number of nitrogens with two attached hydrogens (primary N) is 1. The Morgan fingerprint density at radius 3 is 2.71 bits per heavy atom. The fourth-order valence-electron chi connectivity index (χ4n) is 3.19. The third-order valence-corrected chi connectivity index (χ3v) is 4.47. The smallest absolute Gasteiger partial charge is 0.0933 e. The molecule has 0 spiro atoms. The molecule has 2 fully saturated rings. The van der Waals surface area contributed by atoms with Gasteiger partial charge in [0, 0.05) is 19.1 Å². The lowest BCUT2D eigenvalue weighted by molar-refractivity contribution is -0.0872. The molecule has 0 aromatic carbocycles. The monoisotopic (exact) mass is 242 g/mol. The number of hydrogen-bond donors (Lipinski definition) is 2. The van der Waals surface area contributed by atoms with Crippen molar-refractivity contribution in [3.8, 4) is 0 Å². The minimum Gasteiger partial charge on any atom is -0.394 e. The Morgan fingerprint density at radius 2 is 2.12 bits per heavy atom. The summed E-state index contributed by atoms with van der Waals surface area (Å²) in [5.41, 5.74) is 6.32. The predicted octanol–water partition coefficient (Wildman–Crippen LogP) is 0.587. The van der Waals surface area contributed by atoms with Crippen molar-refractivity contribution in [2.24, 2.45) is 11.1 Å². The van der Waals surface area contributed by atoms with Gasteiger partial charge >= 0.3 is 0 Å². The lowest BCUT2D eigenvalue weighted by Crippen LogP contribution is -2.53. The summed E-state index contributed by atoms with van der Waals surface area (Å²) in [6.45, 7) is 5.77. The first-order chi connectivity index (χ1) is 8.19. The van der Waals surface area contributed by atoms with Gasteiger partial charge in [0.15, 0.2) is 0 Å². The minimum absolute atomic E-state index is 0.0116. The summed E-state index contributed by atoms with van der Waals surface area (Å²) in [5.74, 6) is 0. The van der Waals surface area contributed by atoms with Crippen LogP contribution in [0.3, 0.4) is 0 Å². The second kappa shape index (κ2) is 5.65. The molecule has 2 atom stereocenters. The summed E-state index contributed by atoms with van der Waals surface area (Å²) in [6, 6.07) is 0.446. The zero-order valence-electron chi connectivity index (χ0n) is 10.9. The highest BCUT2D eigenvalue weighted by molar-refractivity contribution is 4.91. The maximum Gasteiger partial charge on any atom is 0.0933 e. The van der Waals surface area contributed by atoms with Crippen molar-refractivity contribution >= 4 is 0 Å². The van der Waals surface area contributed by atoms with E-state index in [0.29, 0.717) is 11.5 Å². The van der Waals surface area contributed by atoms with Crippen LogP contribution in [-0.4, -0.2) is 55.0 Å². The van der Waals surface area contributed by atoms with E-state index in [0.717, 1.165) is 26.2 Å². The van der Waals surface area contributed by atoms with Crippen LogP contribution in [0.1, 0.15) is 32.6 Å². The number of hydrogen-bond acceptors (Lipinski definition) is 4. The molecule has 0 aromatic heterocycles. The molecular formula is C13H26N2O2. The molecule has 100 valence electrons. The molecule has 0 amide bonds. The zero-order valence-corrected chi connectivity index (χ0v) is 10.9. The molecule has 4 heteroatoms. The second-order valence-electron chi connectivity index (χ2n) is 5.83. The number of ether oxygens (including phenoxy) is 1. The topological polar surface area (TPSA) is 58.7 Å². The Morgan fingerprint density at radius 1 is 1.41 bits per heavy atom. The van der Waals surface area contributed by atoms with Crippen molar-refractivity contribution in [2.75, 3.05) is 32.8 Å². The first-order valence-corrected chi connectivity index (χ1v) is 6.86.